The quantitative estimate of drug-likeness (QED) is 0.663. The van der Waals surface area contributed by atoms with E-state index in [1.54, 1.807) is 18.3 Å². The Balaban J connectivity index is 2.06. The molecule has 2 aromatic heterocycles. The van der Waals surface area contributed by atoms with Gasteiger partial charge in [0.1, 0.15) is 16.4 Å². The lowest BCUT2D eigenvalue weighted by Crippen LogP contribution is -2.09. The number of fused-ring (bicyclic) bond motifs is 3. The number of anilines is 1. The Morgan fingerprint density at radius 1 is 1.45 bits per heavy atom. The number of carbonyl (C=O) groups is 1. The molecule has 1 N–H and O–H groups in total. The number of hydrogen-bond acceptors (Lipinski definition) is 6. The van der Waals surface area contributed by atoms with Crippen molar-refractivity contribution in [3.8, 4) is 0 Å². The van der Waals surface area contributed by atoms with Crippen LogP contribution < -0.4 is 5.32 Å². The second-order valence-electron chi connectivity index (χ2n) is 5.91. The number of nitrogens with zero attached hydrogens (tertiary/aromatic N) is 2. The van der Waals surface area contributed by atoms with Gasteiger partial charge in [-0.15, -0.1) is 11.3 Å². The minimum Gasteiger partial charge on any atom is -0.370 e. The van der Waals surface area contributed by atoms with Crippen molar-refractivity contribution in [1.29, 1.82) is 0 Å². The smallest absolute Gasteiger partial charge is 0.191 e. The number of aromatic nitrogens is 2. The summed E-state index contributed by atoms with van der Waals surface area (Å²) in [4.78, 5) is 23.1. The fraction of sp³-hybridized carbons (Fsp3) is 0.562. The van der Waals surface area contributed by atoms with Crippen LogP contribution >= 0.6 is 23.1 Å². The fourth-order valence-corrected chi connectivity index (χ4v) is 4.93. The first kappa shape index (κ1) is 15.7. The summed E-state index contributed by atoms with van der Waals surface area (Å²) in [6.07, 6.45) is 3.52. The summed E-state index contributed by atoms with van der Waals surface area (Å²) in [7, 11) is 0. The maximum absolute atomic E-state index is 11.2. The number of thioether (sulfide) groups is 1. The zero-order valence-electron chi connectivity index (χ0n) is 13.2. The van der Waals surface area contributed by atoms with Gasteiger partial charge >= 0.3 is 0 Å². The average Bonchev–Trinajstić information content (AvgIpc) is 2.82. The first-order valence-corrected chi connectivity index (χ1v) is 9.57. The number of thiophene rings is 1. The highest BCUT2D eigenvalue weighted by molar-refractivity contribution is 7.99. The molecule has 4 nitrogen and oxygen atoms in total. The molecule has 0 saturated carbocycles. The zero-order chi connectivity index (χ0) is 15.7. The molecule has 0 spiro atoms. The van der Waals surface area contributed by atoms with Gasteiger partial charge in [0.05, 0.1) is 11.1 Å². The van der Waals surface area contributed by atoms with Crippen molar-refractivity contribution in [3.63, 3.8) is 0 Å². The van der Waals surface area contributed by atoms with Crippen LogP contribution in [0.5, 0.6) is 0 Å². The lowest BCUT2D eigenvalue weighted by Gasteiger charge is -2.18. The highest BCUT2D eigenvalue weighted by Crippen LogP contribution is 2.40. The molecule has 1 atom stereocenters. The van der Waals surface area contributed by atoms with E-state index >= 15 is 0 Å². The molecule has 0 aromatic carbocycles. The fourth-order valence-electron chi connectivity index (χ4n) is 2.85. The van der Waals surface area contributed by atoms with Crippen molar-refractivity contribution in [3.05, 3.63) is 10.4 Å². The van der Waals surface area contributed by atoms with E-state index in [1.807, 2.05) is 0 Å². The summed E-state index contributed by atoms with van der Waals surface area (Å²) in [6, 6.07) is 0. The Hall–Kier alpha value is -1.14. The molecule has 0 fully saturated rings. The van der Waals surface area contributed by atoms with Crippen LogP contribution in [0, 0.1) is 5.92 Å². The monoisotopic (exact) mass is 335 g/mol. The van der Waals surface area contributed by atoms with Crippen LogP contribution in [0.1, 0.15) is 37.6 Å². The zero-order valence-corrected chi connectivity index (χ0v) is 14.9. The molecule has 0 radical (unpaired) electrons. The van der Waals surface area contributed by atoms with Crippen LogP contribution in [-0.2, 0) is 17.6 Å². The van der Waals surface area contributed by atoms with Crippen LogP contribution in [0.15, 0.2) is 5.16 Å². The molecule has 2 heterocycles. The molecular weight excluding hydrogens is 314 g/mol. The molecule has 0 saturated heterocycles. The van der Waals surface area contributed by atoms with Crippen molar-refractivity contribution in [2.45, 2.75) is 45.2 Å². The number of nitrogens with one attached hydrogen (secondary N) is 1. The predicted molar refractivity (Wildman–Crippen MR) is 94.2 cm³/mol. The number of carbonyl (C=O) groups excluding carboxylic acids is 1. The van der Waals surface area contributed by atoms with Gasteiger partial charge in [0.15, 0.2) is 5.16 Å². The van der Waals surface area contributed by atoms with E-state index in [4.69, 9.17) is 4.98 Å². The van der Waals surface area contributed by atoms with Crippen LogP contribution in [0.2, 0.25) is 0 Å². The van der Waals surface area contributed by atoms with Crippen molar-refractivity contribution < 1.29 is 4.79 Å². The lowest BCUT2D eigenvalue weighted by atomic mass is 9.89. The van der Waals surface area contributed by atoms with Gasteiger partial charge < -0.3 is 5.32 Å². The number of Topliss-reactive ketones (excluding diaryl/α,β-unsaturated/α-hetero) is 1. The Bertz CT molecular complexity index is 711. The molecule has 3 rings (SSSR count). The van der Waals surface area contributed by atoms with E-state index in [1.165, 1.54) is 34.0 Å². The third-order valence-electron chi connectivity index (χ3n) is 3.88. The highest BCUT2D eigenvalue weighted by Gasteiger charge is 2.23. The van der Waals surface area contributed by atoms with Gasteiger partial charge in [0.25, 0.3) is 0 Å². The van der Waals surface area contributed by atoms with E-state index < -0.39 is 0 Å². The number of ketones is 1. The topological polar surface area (TPSA) is 54.9 Å². The van der Waals surface area contributed by atoms with E-state index in [0.29, 0.717) is 10.9 Å². The first-order valence-electron chi connectivity index (χ1n) is 7.76. The molecule has 0 amide bonds. The Morgan fingerprint density at radius 2 is 2.27 bits per heavy atom. The van der Waals surface area contributed by atoms with E-state index in [-0.39, 0.29) is 5.78 Å². The normalized spacial score (nSPS) is 17.5. The van der Waals surface area contributed by atoms with Crippen LogP contribution in [-0.4, -0.2) is 28.0 Å². The van der Waals surface area contributed by atoms with Gasteiger partial charge in [0, 0.05) is 11.4 Å². The minimum atomic E-state index is 0.151. The Labute approximate surface area is 139 Å². The molecule has 0 bridgehead atoms. The highest BCUT2D eigenvalue weighted by atomic mass is 32.2. The summed E-state index contributed by atoms with van der Waals surface area (Å²) in [5, 5.41) is 5.29. The summed E-state index contributed by atoms with van der Waals surface area (Å²) in [5.74, 6) is 2.27. The molecule has 0 aliphatic heterocycles. The maximum Gasteiger partial charge on any atom is 0.191 e. The third-order valence-corrected chi connectivity index (χ3v) is 6.02. The summed E-state index contributed by atoms with van der Waals surface area (Å²) >= 11 is 3.23. The molecule has 1 aliphatic carbocycles. The van der Waals surface area contributed by atoms with Crippen molar-refractivity contribution in [2.24, 2.45) is 5.92 Å². The summed E-state index contributed by atoms with van der Waals surface area (Å²) < 4.78 is 0. The van der Waals surface area contributed by atoms with E-state index in [0.717, 1.165) is 36.0 Å². The maximum atomic E-state index is 11.2. The van der Waals surface area contributed by atoms with Gasteiger partial charge in [-0.3, -0.25) is 4.79 Å². The average molecular weight is 335 g/mol. The Morgan fingerprint density at radius 3 is 3.00 bits per heavy atom. The van der Waals surface area contributed by atoms with E-state index in [9.17, 15) is 4.79 Å². The minimum absolute atomic E-state index is 0.151. The predicted octanol–water partition coefficient (Wildman–Crippen LogP) is 3.93. The van der Waals surface area contributed by atoms with E-state index in [2.05, 4.69) is 24.1 Å². The molecule has 1 aliphatic rings. The second-order valence-corrected chi connectivity index (χ2v) is 7.93. The van der Waals surface area contributed by atoms with Crippen molar-refractivity contribution >= 4 is 44.9 Å². The van der Waals surface area contributed by atoms with Gasteiger partial charge in [-0.05, 0) is 44.6 Å². The lowest BCUT2D eigenvalue weighted by molar-refractivity contribution is -0.114. The first-order chi connectivity index (χ1) is 10.6. The molecule has 6 heteroatoms. The number of aryl methyl sites for hydroxylation is 1. The molecule has 118 valence electrons. The van der Waals surface area contributed by atoms with Crippen LogP contribution in [0.4, 0.5) is 5.82 Å². The summed E-state index contributed by atoms with van der Waals surface area (Å²) in [5.41, 5.74) is 1.44. The van der Waals surface area contributed by atoms with Gasteiger partial charge in [-0.25, -0.2) is 9.97 Å². The molecule has 0 unspecified atom stereocenters. The molecular formula is C16H21N3OS2. The Kier molecular flexibility index (Phi) is 4.68. The van der Waals surface area contributed by atoms with Gasteiger partial charge in [-0.1, -0.05) is 18.7 Å². The standard InChI is InChI=1S/C16H21N3OS2/c1-4-17-14-13-11-6-5-9(2)7-12(11)22-15(13)19-16(18-14)21-8-10(3)20/h9H,4-8H2,1-3H3,(H,17,18,19)/t9-/m0/s1. The third kappa shape index (κ3) is 3.13. The van der Waals surface area contributed by atoms with Gasteiger partial charge in [0.2, 0.25) is 0 Å². The van der Waals surface area contributed by atoms with Crippen molar-refractivity contribution in [1.82, 2.24) is 9.97 Å². The van der Waals surface area contributed by atoms with Crippen molar-refractivity contribution in [2.75, 3.05) is 17.6 Å². The van der Waals surface area contributed by atoms with Crippen LogP contribution in [0.3, 0.4) is 0 Å². The largest absolute Gasteiger partial charge is 0.370 e. The summed E-state index contributed by atoms with van der Waals surface area (Å²) in [6.45, 7) is 6.83. The second kappa shape index (κ2) is 6.54. The van der Waals surface area contributed by atoms with Crippen LogP contribution in [0.25, 0.3) is 10.2 Å². The number of rotatable bonds is 5. The SMILES string of the molecule is CCNc1nc(SCC(C)=O)nc2sc3c(c12)CC[C@H](C)C3. The molecule has 22 heavy (non-hydrogen) atoms. The van der Waals surface area contributed by atoms with Gasteiger partial charge in [-0.2, -0.15) is 0 Å². The number of hydrogen-bond donors (Lipinski definition) is 1. The molecule has 2 aromatic rings.